The second kappa shape index (κ2) is 9.38. The van der Waals surface area contributed by atoms with E-state index < -0.39 is 20.2 Å². The molecular formula is C23H34N4O4S2. The molecule has 0 amide bonds. The van der Waals surface area contributed by atoms with E-state index >= 15 is 0 Å². The van der Waals surface area contributed by atoms with E-state index in [0.717, 1.165) is 51.5 Å². The minimum Gasteiger partial charge on any atom is -0.283 e. The lowest BCUT2D eigenvalue weighted by molar-refractivity contribution is 0.443. The van der Waals surface area contributed by atoms with Gasteiger partial charge >= 0.3 is 10.2 Å². The average molecular weight is 495 g/mol. The molecule has 1 heterocycles. The number of imidazole rings is 1. The Morgan fingerprint density at radius 3 is 2.45 bits per heavy atom. The van der Waals surface area contributed by atoms with Crippen LogP contribution < -0.4 is 4.72 Å². The highest BCUT2D eigenvalue weighted by atomic mass is 32.2. The molecule has 2 aliphatic rings. The summed E-state index contributed by atoms with van der Waals surface area (Å²) >= 11 is 0. The molecule has 10 heteroatoms. The van der Waals surface area contributed by atoms with E-state index in [1.807, 2.05) is 6.07 Å². The van der Waals surface area contributed by atoms with Gasteiger partial charge in [-0.2, -0.15) is 12.7 Å². The molecule has 1 N–H and O–H groups in total. The zero-order chi connectivity index (χ0) is 23.8. The van der Waals surface area contributed by atoms with Crippen LogP contribution in [0.15, 0.2) is 24.7 Å². The molecular weight excluding hydrogens is 460 g/mol. The van der Waals surface area contributed by atoms with E-state index in [-0.39, 0.29) is 11.7 Å². The Kier molecular flexibility index (Phi) is 6.89. The first kappa shape index (κ1) is 24.2. The number of sulfonamides is 1. The van der Waals surface area contributed by atoms with Crippen molar-refractivity contribution in [3.8, 4) is 0 Å². The maximum absolute atomic E-state index is 12.6. The smallest absolute Gasteiger partial charge is 0.283 e. The third-order valence-electron chi connectivity index (χ3n) is 6.99. The molecule has 0 aliphatic heterocycles. The van der Waals surface area contributed by atoms with E-state index in [1.54, 1.807) is 13.1 Å². The van der Waals surface area contributed by atoms with Gasteiger partial charge in [0.05, 0.1) is 17.1 Å². The van der Waals surface area contributed by atoms with Crippen LogP contribution in [-0.2, 0) is 26.7 Å². The fourth-order valence-corrected chi connectivity index (χ4v) is 6.52. The molecule has 4 rings (SSSR count). The summed E-state index contributed by atoms with van der Waals surface area (Å²) in [5, 5.41) is 0. The lowest BCUT2D eigenvalue weighted by Gasteiger charge is -2.30. The molecule has 1 atom stereocenters. The van der Waals surface area contributed by atoms with Crippen LogP contribution in [-0.4, -0.2) is 49.9 Å². The number of hydrogen-bond acceptors (Lipinski definition) is 5. The van der Waals surface area contributed by atoms with Crippen LogP contribution in [0.5, 0.6) is 0 Å². The van der Waals surface area contributed by atoms with Gasteiger partial charge in [0.15, 0.2) is 0 Å². The Morgan fingerprint density at radius 1 is 1.06 bits per heavy atom. The first-order chi connectivity index (χ1) is 15.6. The number of aromatic nitrogens is 2. The highest BCUT2D eigenvalue weighted by molar-refractivity contribution is 7.92. The first-order valence-corrected chi connectivity index (χ1v) is 14.8. The van der Waals surface area contributed by atoms with Crippen LogP contribution in [0.25, 0.3) is 0 Å². The van der Waals surface area contributed by atoms with Crippen molar-refractivity contribution in [2.24, 2.45) is 0 Å². The second-order valence-corrected chi connectivity index (χ2v) is 13.4. The van der Waals surface area contributed by atoms with Gasteiger partial charge in [-0.05, 0) is 67.7 Å². The maximum Gasteiger partial charge on any atom is 0.308 e. The predicted octanol–water partition coefficient (Wildman–Crippen LogP) is 3.82. The molecule has 0 radical (unpaired) electrons. The topological polar surface area (TPSA) is 101 Å². The minimum atomic E-state index is -3.64. The highest BCUT2D eigenvalue weighted by Crippen LogP contribution is 2.43. The van der Waals surface area contributed by atoms with E-state index in [0.29, 0.717) is 17.3 Å². The van der Waals surface area contributed by atoms with E-state index in [4.69, 9.17) is 0 Å². The van der Waals surface area contributed by atoms with Crippen molar-refractivity contribution >= 4 is 25.9 Å². The Hall–Kier alpha value is -1.91. The largest absolute Gasteiger partial charge is 0.308 e. The number of fused-ring (bicyclic) bond motifs is 1. The monoisotopic (exact) mass is 494 g/mol. The van der Waals surface area contributed by atoms with Crippen molar-refractivity contribution in [2.45, 2.75) is 70.1 Å². The molecule has 1 aromatic carbocycles. The minimum absolute atomic E-state index is 0.0195. The fourth-order valence-electron chi connectivity index (χ4n) is 5.07. The molecule has 1 fully saturated rings. The summed E-state index contributed by atoms with van der Waals surface area (Å²) in [6.45, 7) is 1.64. The van der Waals surface area contributed by atoms with Crippen molar-refractivity contribution in [1.29, 1.82) is 0 Å². The first-order valence-electron chi connectivity index (χ1n) is 11.8. The zero-order valence-electron chi connectivity index (χ0n) is 19.6. The Morgan fingerprint density at radius 2 is 1.79 bits per heavy atom. The Labute approximate surface area is 197 Å². The zero-order valence-corrected chi connectivity index (χ0v) is 21.3. The summed E-state index contributed by atoms with van der Waals surface area (Å²) in [5.74, 6) is 0.370. The van der Waals surface area contributed by atoms with Crippen molar-refractivity contribution in [3.05, 3.63) is 47.0 Å². The normalized spacial score (nSPS) is 20.1. The molecule has 2 aromatic rings. The molecule has 0 spiro atoms. The quantitative estimate of drug-likeness (QED) is 0.631. The van der Waals surface area contributed by atoms with Gasteiger partial charge < -0.3 is 0 Å². The molecule has 2 aliphatic carbocycles. The van der Waals surface area contributed by atoms with E-state index in [9.17, 15) is 16.8 Å². The summed E-state index contributed by atoms with van der Waals surface area (Å²) in [7, 11) is -4.07. The summed E-state index contributed by atoms with van der Waals surface area (Å²) < 4.78 is 55.2. The highest BCUT2D eigenvalue weighted by Gasteiger charge is 2.30. The third kappa shape index (κ3) is 4.97. The molecule has 182 valence electrons. The van der Waals surface area contributed by atoms with Gasteiger partial charge in [-0.1, -0.05) is 25.3 Å². The van der Waals surface area contributed by atoms with Crippen LogP contribution >= 0.6 is 0 Å². The lowest BCUT2D eigenvalue weighted by atomic mass is 9.76. The van der Waals surface area contributed by atoms with Crippen LogP contribution in [0.4, 0.5) is 5.69 Å². The number of hydrogen-bond donors (Lipinski definition) is 1. The molecule has 0 bridgehead atoms. The number of anilines is 1. The van der Waals surface area contributed by atoms with Gasteiger partial charge in [0.1, 0.15) is 6.33 Å². The van der Waals surface area contributed by atoms with Gasteiger partial charge in [-0.3, -0.25) is 4.72 Å². The van der Waals surface area contributed by atoms with Gasteiger partial charge in [-0.25, -0.2) is 17.4 Å². The molecule has 1 saturated carbocycles. The molecule has 1 aromatic heterocycles. The maximum atomic E-state index is 12.6. The second-order valence-electron chi connectivity index (χ2n) is 9.34. The van der Waals surface area contributed by atoms with Crippen LogP contribution in [0.1, 0.15) is 86.1 Å². The number of benzene rings is 1. The number of nitrogens with one attached hydrogen (secondary N) is 1. The van der Waals surface area contributed by atoms with Crippen molar-refractivity contribution in [1.82, 2.24) is 13.3 Å². The molecule has 0 saturated heterocycles. The van der Waals surface area contributed by atoms with Gasteiger partial charge in [0.25, 0.3) is 0 Å². The van der Waals surface area contributed by atoms with Crippen LogP contribution in [0, 0.1) is 0 Å². The summed E-state index contributed by atoms with van der Waals surface area (Å²) in [6.07, 6.45) is 11.3. The third-order valence-corrected chi connectivity index (χ3v) is 9.94. The predicted molar refractivity (Wildman–Crippen MR) is 130 cm³/mol. The SMILES string of the molecule is CCS(=O)(=O)Nc1cc(C2CCCCC2)cc2c1CCCC2c1cn(S(=O)(=O)N(C)C)cn1. The summed E-state index contributed by atoms with van der Waals surface area (Å²) in [6, 6.07) is 4.28. The Bertz CT molecular complexity index is 1210. The van der Waals surface area contributed by atoms with E-state index in [1.165, 1.54) is 45.2 Å². The molecule has 33 heavy (non-hydrogen) atoms. The van der Waals surface area contributed by atoms with Crippen LogP contribution in [0.2, 0.25) is 0 Å². The molecule has 8 nitrogen and oxygen atoms in total. The van der Waals surface area contributed by atoms with Crippen molar-refractivity contribution < 1.29 is 16.8 Å². The lowest BCUT2D eigenvalue weighted by Crippen LogP contribution is -2.27. The van der Waals surface area contributed by atoms with Gasteiger partial charge in [-0.15, -0.1) is 0 Å². The fraction of sp³-hybridized carbons (Fsp3) is 0.609. The van der Waals surface area contributed by atoms with E-state index in [2.05, 4.69) is 15.8 Å². The molecule has 1 unspecified atom stereocenters. The van der Waals surface area contributed by atoms with Crippen LogP contribution in [0.3, 0.4) is 0 Å². The van der Waals surface area contributed by atoms with Gasteiger partial charge in [0.2, 0.25) is 10.0 Å². The van der Waals surface area contributed by atoms with Gasteiger partial charge in [0, 0.05) is 26.2 Å². The number of nitrogens with zero attached hydrogens (tertiary/aromatic N) is 3. The standard InChI is InChI=1S/C23H34N4O4S2/c1-4-32(28,29)25-22-14-18(17-9-6-5-7-10-17)13-21-19(22)11-8-12-20(21)23-15-27(16-24-23)33(30,31)26(2)3/h13-17,20,25H,4-12H2,1-3H3. The van der Waals surface area contributed by atoms with Crippen molar-refractivity contribution in [2.75, 3.05) is 24.6 Å². The summed E-state index contributed by atoms with van der Waals surface area (Å²) in [4.78, 5) is 4.47. The summed E-state index contributed by atoms with van der Waals surface area (Å²) in [5.41, 5.74) is 4.64. The number of rotatable bonds is 7. The van der Waals surface area contributed by atoms with Crippen molar-refractivity contribution in [3.63, 3.8) is 0 Å². The Balaban J connectivity index is 1.80. The average Bonchev–Trinajstić information content (AvgIpc) is 3.30.